The first-order valence-electron chi connectivity index (χ1n) is 8.60. The topological polar surface area (TPSA) is 21.3 Å². The van der Waals surface area contributed by atoms with E-state index >= 15 is 0 Å². The minimum atomic E-state index is 0.00821. The molecule has 0 radical (unpaired) electrons. The summed E-state index contributed by atoms with van der Waals surface area (Å²) in [5.74, 6) is 0.689. The zero-order chi connectivity index (χ0) is 15.3. The van der Waals surface area contributed by atoms with Crippen molar-refractivity contribution in [3.8, 4) is 0 Å². The van der Waals surface area contributed by atoms with Gasteiger partial charge in [0.2, 0.25) is 0 Å². The molecule has 2 rings (SSSR count). The van der Waals surface area contributed by atoms with E-state index < -0.39 is 0 Å². The Labute approximate surface area is 130 Å². The van der Waals surface area contributed by atoms with Crippen molar-refractivity contribution in [1.29, 1.82) is 0 Å². The summed E-state index contributed by atoms with van der Waals surface area (Å²) in [6, 6.07) is 11.0. The van der Waals surface area contributed by atoms with Crippen LogP contribution >= 0.6 is 0 Å². The van der Waals surface area contributed by atoms with Gasteiger partial charge in [-0.25, -0.2) is 0 Å². The van der Waals surface area contributed by atoms with Crippen LogP contribution in [0.15, 0.2) is 30.3 Å². The highest BCUT2D eigenvalue weighted by Crippen LogP contribution is 2.41. The van der Waals surface area contributed by atoms with E-state index in [4.69, 9.17) is 4.74 Å². The Bertz CT molecular complexity index is 409. The molecule has 0 aliphatic carbocycles. The van der Waals surface area contributed by atoms with Crippen molar-refractivity contribution in [1.82, 2.24) is 5.32 Å². The lowest BCUT2D eigenvalue weighted by Gasteiger charge is -2.34. The summed E-state index contributed by atoms with van der Waals surface area (Å²) in [7, 11) is 0. The van der Waals surface area contributed by atoms with E-state index in [-0.39, 0.29) is 11.8 Å². The third-order valence-electron chi connectivity index (χ3n) is 4.50. The van der Waals surface area contributed by atoms with Crippen LogP contribution in [0, 0.1) is 5.92 Å². The number of hydrogen-bond acceptors (Lipinski definition) is 2. The van der Waals surface area contributed by atoms with E-state index in [1.807, 2.05) is 0 Å². The van der Waals surface area contributed by atoms with Crippen molar-refractivity contribution < 1.29 is 4.74 Å². The standard InChI is InChI=1S/C19H31NO/c1-5-12-19(13-6-2)17(14-15(3)4)20-18(21-19)16-10-8-7-9-11-16/h7-11,15,17-18,20H,5-6,12-14H2,1-4H3/t17-,18?/m0/s1. The maximum Gasteiger partial charge on any atom is 0.135 e. The number of rotatable bonds is 7. The second-order valence-corrected chi connectivity index (χ2v) is 6.82. The van der Waals surface area contributed by atoms with Crippen molar-refractivity contribution in [2.24, 2.45) is 5.92 Å². The van der Waals surface area contributed by atoms with Crippen molar-refractivity contribution >= 4 is 0 Å². The zero-order valence-corrected chi connectivity index (χ0v) is 14.1. The Balaban J connectivity index is 2.23. The van der Waals surface area contributed by atoms with E-state index in [0.29, 0.717) is 12.0 Å². The van der Waals surface area contributed by atoms with Gasteiger partial charge in [-0.3, -0.25) is 5.32 Å². The van der Waals surface area contributed by atoms with Crippen LogP contribution in [-0.4, -0.2) is 11.6 Å². The van der Waals surface area contributed by atoms with Crippen LogP contribution in [0.25, 0.3) is 0 Å². The Morgan fingerprint density at radius 3 is 2.24 bits per heavy atom. The molecule has 118 valence electrons. The highest BCUT2D eigenvalue weighted by atomic mass is 16.5. The van der Waals surface area contributed by atoms with Crippen LogP contribution in [0.3, 0.4) is 0 Å². The van der Waals surface area contributed by atoms with E-state index in [1.54, 1.807) is 0 Å². The van der Waals surface area contributed by atoms with Gasteiger partial charge in [-0.05, 0) is 30.7 Å². The Morgan fingerprint density at radius 2 is 1.71 bits per heavy atom. The molecule has 2 heteroatoms. The summed E-state index contributed by atoms with van der Waals surface area (Å²) in [6.45, 7) is 9.15. The van der Waals surface area contributed by atoms with Gasteiger partial charge in [-0.15, -0.1) is 0 Å². The summed E-state index contributed by atoms with van der Waals surface area (Å²) < 4.78 is 6.62. The summed E-state index contributed by atoms with van der Waals surface area (Å²) in [5.41, 5.74) is 1.26. The number of nitrogens with one attached hydrogen (secondary N) is 1. The minimum absolute atomic E-state index is 0.00821. The molecule has 21 heavy (non-hydrogen) atoms. The number of benzene rings is 1. The molecule has 2 nitrogen and oxygen atoms in total. The van der Waals surface area contributed by atoms with Gasteiger partial charge in [0.05, 0.1) is 5.60 Å². The highest BCUT2D eigenvalue weighted by molar-refractivity contribution is 5.19. The molecule has 0 bridgehead atoms. The number of ether oxygens (including phenoxy) is 1. The quantitative estimate of drug-likeness (QED) is 0.757. The molecule has 1 aromatic carbocycles. The van der Waals surface area contributed by atoms with Crippen LogP contribution in [0.2, 0.25) is 0 Å². The van der Waals surface area contributed by atoms with Gasteiger partial charge in [0, 0.05) is 6.04 Å². The maximum atomic E-state index is 6.62. The van der Waals surface area contributed by atoms with Gasteiger partial charge in [0.15, 0.2) is 0 Å². The third-order valence-corrected chi connectivity index (χ3v) is 4.50. The molecule has 2 atom stereocenters. The normalized spacial score (nSPS) is 24.6. The van der Waals surface area contributed by atoms with Gasteiger partial charge in [-0.1, -0.05) is 70.9 Å². The van der Waals surface area contributed by atoms with Crippen LogP contribution in [-0.2, 0) is 4.74 Å². The van der Waals surface area contributed by atoms with Gasteiger partial charge in [0.1, 0.15) is 6.23 Å². The first-order chi connectivity index (χ1) is 10.1. The predicted molar refractivity (Wildman–Crippen MR) is 89.2 cm³/mol. The molecule has 1 saturated heterocycles. The van der Waals surface area contributed by atoms with Gasteiger partial charge >= 0.3 is 0 Å². The van der Waals surface area contributed by atoms with Gasteiger partial charge in [-0.2, -0.15) is 0 Å². The summed E-state index contributed by atoms with van der Waals surface area (Å²) >= 11 is 0. The van der Waals surface area contributed by atoms with Crippen LogP contribution in [0.5, 0.6) is 0 Å². The van der Waals surface area contributed by atoms with E-state index in [9.17, 15) is 0 Å². The lowest BCUT2D eigenvalue weighted by molar-refractivity contribution is -0.0635. The third kappa shape index (κ3) is 3.87. The molecule has 1 aliphatic rings. The minimum Gasteiger partial charge on any atom is -0.351 e. The molecular weight excluding hydrogens is 258 g/mol. The molecule has 1 fully saturated rings. The number of hydrogen-bond donors (Lipinski definition) is 1. The fourth-order valence-corrected chi connectivity index (χ4v) is 3.67. The van der Waals surface area contributed by atoms with E-state index in [1.165, 1.54) is 24.8 Å². The fraction of sp³-hybridized carbons (Fsp3) is 0.684. The summed E-state index contributed by atoms with van der Waals surface area (Å²) in [4.78, 5) is 0. The molecule has 0 spiro atoms. The van der Waals surface area contributed by atoms with Gasteiger partial charge in [0.25, 0.3) is 0 Å². The molecule has 1 aliphatic heterocycles. The molecule has 1 heterocycles. The predicted octanol–water partition coefficient (Wildman–Crippen LogP) is 5.06. The Hall–Kier alpha value is -0.860. The van der Waals surface area contributed by atoms with Crippen LogP contribution < -0.4 is 5.32 Å². The van der Waals surface area contributed by atoms with Crippen molar-refractivity contribution in [2.45, 2.75) is 77.7 Å². The van der Waals surface area contributed by atoms with Crippen molar-refractivity contribution in [2.75, 3.05) is 0 Å². The average molecular weight is 289 g/mol. The van der Waals surface area contributed by atoms with E-state index in [2.05, 4.69) is 63.3 Å². The van der Waals surface area contributed by atoms with Crippen LogP contribution in [0.4, 0.5) is 0 Å². The lowest BCUT2D eigenvalue weighted by atomic mass is 9.82. The molecule has 0 saturated carbocycles. The Morgan fingerprint density at radius 1 is 1.10 bits per heavy atom. The highest BCUT2D eigenvalue weighted by Gasteiger charge is 2.47. The summed E-state index contributed by atoms with van der Waals surface area (Å²) in [6.07, 6.45) is 5.88. The largest absolute Gasteiger partial charge is 0.351 e. The summed E-state index contributed by atoms with van der Waals surface area (Å²) in [5, 5.41) is 3.78. The smallest absolute Gasteiger partial charge is 0.135 e. The first kappa shape index (κ1) is 16.5. The van der Waals surface area contributed by atoms with Crippen molar-refractivity contribution in [3.63, 3.8) is 0 Å². The zero-order valence-electron chi connectivity index (χ0n) is 14.1. The molecular formula is C19H31NO. The lowest BCUT2D eigenvalue weighted by Crippen LogP contribution is -2.44. The molecule has 1 N–H and O–H groups in total. The molecule has 1 aromatic rings. The maximum absolute atomic E-state index is 6.62. The first-order valence-corrected chi connectivity index (χ1v) is 8.60. The van der Waals surface area contributed by atoms with E-state index in [0.717, 1.165) is 12.8 Å². The fourth-order valence-electron chi connectivity index (χ4n) is 3.67. The van der Waals surface area contributed by atoms with Gasteiger partial charge < -0.3 is 4.74 Å². The van der Waals surface area contributed by atoms with Crippen molar-refractivity contribution in [3.05, 3.63) is 35.9 Å². The molecule has 0 aromatic heterocycles. The molecule has 0 amide bonds. The Kier molecular flexibility index (Phi) is 5.83. The van der Waals surface area contributed by atoms with Crippen LogP contribution in [0.1, 0.15) is 71.6 Å². The molecule has 1 unspecified atom stereocenters. The second-order valence-electron chi connectivity index (χ2n) is 6.82. The average Bonchev–Trinajstić information content (AvgIpc) is 2.79. The monoisotopic (exact) mass is 289 g/mol. The SMILES string of the molecule is CCCC1(CCC)OC(c2ccccc2)N[C@H]1CC(C)C. The second kappa shape index (κ2) is 7.42.